The fraction of sp³-hybridized carbons (Fsp3) is 0.333. The number of oxime groups is 1. The molecule has 10 nitrogen and oxygen atoms in total. The zero-order valence-corrected chi connectivity index (χ0v) is 18.9. The van der Waals surface area contributed by atoms with Crippen molar-refractivity contribution < 1.29 is 24.3 Å². The summed E-state index contributed by atoms with van der Waals surface area (Å²) < 4.78 is 4.97. The van der Waals surface area contributed by atoms with Gasteiger partial charge >= 0.3 is 6.09 Å². The molecule has 1 aliphatic heterocycles. The number of benzene rings is 2. The van der Waals surface area contributed by atoms with Crippen molar-refractivity contribution in [2.75, 3.05) is 13.2 Å². The molecule has 3 rings (SSSR count). The second kappa shape index (κ2) is 11.7. The monoisotopic (exact) mass is 467 g/mol. The Morgan fingerprint density at radius 1 is 1.18 bits per heavy atom. The standard InChI is InChI=1S/C24H29N5O5/c1-2-34-24(32)27-20(17-7-4-3-5-8-17)23(31)29-14-6-9-19(29)22(30)26-15-16-10-12-18(13-11-16)21(25)28-33/h3-5,7-8,10-13,19-20,33H,2,6,9,14-15H2,1H3,(H2,25,28)(H,26,30)(H,27,32). The minimum atomic E-state index is -0.958. The quantitative estimate of drug-likeness (QED) is 0.202. The molecule has 1 fully saturated rings. The first-order chi connectivity index (χ1) is 16.4. The summed E-state index contributed by atoms with van der Waals surface area (Å²) in [6, 6.07) is 14.2. The van der Waals surface area contributed by atoms with Crippen molar-refractivity contribution in [3.63, 3.8) is 0 Å². The molecule has 180 valence electrons. The molecule has 1 heterocycles. The zero-order chi connectivity index (χ0) is 24.5. The Morgan fingerprint density at radius 3 is 2.53 bits per heavy atom. The van der Waals surface area contributed by atoms with Gasteiger partial charge in [0.05, 0.1) is 6.61 Å². The second-order valence-corrected chi connectivity index (χ2v) is 7.80. The Kier molecular flexibility index (Phi) is 8.44. The van der Waals surface area contributed by atoms with Gasteiger partial charge in [-0.05, 0) is 30.9 Å². The first kappa shape index (κ1) is 24.6. The van der Waals surface area contributed by atoms with Gasteiger partial charge in [-0.3, -0.25) is 9.59 Å². The van der Waals surface area contributed by atoms with E-state index in [-0.39, 0.29) is 30.8 Å². The zero-order valence-electron chi connectivity index (χ0n) is 18.9. The summed E-state index contributed by atoms with van der Waals surface area (Å²) in [6.45, 7) is 2.54. The summed E-state index contributed by atoms with van der Waals surface area (Å²) in [6.07, 6.45) is 0.514. The molecule has 0 aliphatic carbocycles. The van der Waals surface area contributed by atoms with Crippen LogP contribution in [0.4, 0.5) is 4.79 Å². The predicted octanol–water partition coefficient (Wildman–Crippen LogP) is 1.88. The average molecular weight is 468 g/mol. The summed E-state index contributed by atoms with van der Waals surface area (Å²) in [7, 11) is 0. The number of amidine groups is 1. The number of likely N-dealkylation sites (tertiary alicyclic amines) is 1. The van der Waals surface area contributed by atoms with Crippen molar-refractivity contribution in [3.8, 4) is 0 Å². The molecule has 10 heteroatoms. The fourth-order valence-corrected chi connectivity index (χ4v) is 3.85. The number of rotatable bonds is 8. The van der Waals surface area contributed by atoms with Gasteiger partial charge in [-0.25, -0.2) is 4.79 Å². The van der Waals surface area contributed by atoms with Crippen molar-refractivity contribution >= 4 is 23.7 Å². The third-order valence-corrected chi connectivity index (χ3v) is 5.58. The number of hydrogen-bond donors (Lipinski definition) is 4. The summed E-state index contributed by atoms with van der Waals surface area (Å²) >= 11 is 0. The highest BCUT2D eigenvalue weighted by Gasteiger charge is 2.38. The maximum atomic E-state index is 13.4. The molecule has 3 amide bonds. The summed E-state index contributed by atoms with van der Waals surface area (Å²) in [4.78, 5) is 40.0. The van der Waals surface area contributed by atoms with Gasteiger partial charge in [0.2, 0.25) is 5.91 Å². The molecule has 0 spiro atoms. The molecule has 34 heavy (non-hydrogen) atoms. The van der Waals surface area contributed by atoms with E-state index in [2.05, 4.69) is 15.8 Å². The lowest BCUT2D eigenvalue weighted by Gasteiger charge is -2.28. The van der Waals surface area contributed by atoms with Crippen molar-refractivity contribution in [1.82, 2.24) is 15.5 Å². The van der Waals surface area contributed by atoms with E-state index in [1.807, 2.05) is 6.07 Å². The number of amides is 3. The molecule has 0 saturated carbocycles. The third-order valence-electron chi connectivity index (χ3n) is 5.58. The minimum Gasteiger partial charge on any atom is -0.450 e. The van der Waals surface area contributed by atoms with Gasteiger partial charge in [-0.15, -0.1) is 0 Å². The summed E-state index contributed by atoms with van der Waals surface area (Å²) in [5, 5.41) is 17.2. The lowest BCUT2D eigenvalue weighted by molar-refractivity contribution is -0.140. The molecule has 0 aromatic heterocycles. The Morgan fingerprint density at radius 2 is 1.88 bits per heavy atom. The number of carbonyl (C=O) groups is 3. The van der Waals surface area contributed by atoms with Gasteiger partial charge in [0, 0.05) is 18.7 Å². The highest BCUT2D eigenvalue weighted by atomic mass is 16.5. The van der Waals surface area contributed by atoms with E-state index in [0.29, 0.717) is 30.5 Å². The van der Waals surface area contributed by atoms with Gasteiger partial charge in [-0.2, -0.15) is 0 Å². The van der Waals surface area contributed by atoms with Crippen LogP contribution in [0.15, 0.2) is 59.8 Å². The lowest BCUT2D eigenvalue weighted by Crippen LogP contribution is -2.50. The number of hydrogen-bond acceptors (Lipinski definition) is 6. The number of nitrogens with zero attached hydrogens (tertiary/aromatic N) is 2. The topological polar surface area (TPSA) is 146 Å². The molecule has 0 radical (unpaired) electrons. The van der Waals surface area contributed by atoms with Gasteiger partial charge in [0.15, 0.2) is 5.84 Å². The molecular formula is C24H29N5O5. The predicted molar refractivity (Wildman–Crippen MR) is 125 cm³/mol. The first-order valence-electron chi connectivity index (χ1n) is 11.1. The normalized spacial score (nSPS) is 16.6. The molecule has 2 aromatic rings. The van der Waals surface area contributed by atoms with Crippen molar-refractivity contribution in [2.45, 2.75) is 38.4 Å². The third kappa shape index (κ3) is 6.03. The van der Waals surface area contributed by atoms with E-state index in [9.17, 15) is 14.4 Å². The van der Waals surface area contributed by atoms with Crippen LogP contribution in [-0.4, -0.2) is 53.0 Å². The Labute approximate surface area is 197 Å². The van der Waals surface area contributed by atoms with Crippen molar-refractivity contribution in [2.24, 2.45) is 10.9 Å². The molecule has 1 saturated heterocycles. The number of nitrogens with one attached hydrogen (secondary N) is 2. The van der Waals surface area contributed by atoms with Crippen LogP contribution in [0, 0.1) is 0 Å². The minimum absolute atomic E-state index is 0.0000866. The smallest absolute Gasteiger partial charge is 0.408 e. The number of nitrogens with two attached hydrogens (primary N) is 1. The van der Waals surface area contributed by atoms with Crippen LogP contribution in [0.1, 0.15) is 42.5 Å². The summed E-state index contributed by atoms with van der Waals surface area (Å²) in [5.41, 5.74) is 7.56. The van der Waals surface area contributed by atoms with E-state index in [1.54, 1.807) is 55.5 Å². The number of ether oxygens (including phenoxy) is 1. The van der Waals surface area contributed by atoms with Crippen LogP contribution >= 0.6 is 0 Å². The van der Waals surface area contributed by atoms with Crippen molar-refractivity contribution in [1.29, 1.82) is 0 Å². The van der Waals surface area contributed by atoms with Crippen LogP contribution in [0.3, 0.4) is 0 Å². The van der Waals surface area contributed by atoms with Crippen LogP contribution in [0.5, 0.6) is 0 Å². The van der Waals surface area contributed by atoms with Crippen LogP contribution in [0.25, 0.3) is 0 Å². The van der Waals surface area contributed by atoms with Crippen LogP contribution in [-0.2, 0) is 20.9 Å². The maximum Gasteiger partial charge on any atom is 0.408 e. The van der Waals surface area contributed by atoms with Crippen molar-refractivity contribution in [3.05, 3.63) is 71.3 Å². The van der Waals surface area contributed by atoms with Gasteiger partial charge in [-0.1, -0.05) is 59.8 Å². The Balaban J connectivity index is 1.68. The average Bonchev–Trinajstić information content (AvgIpc) is 3.36. The Hall–Kier alpha value is -4.08. The van der Waals surface area contributed by atoms with Gasteiger partial charge < -0.3 is 31.2 Å². The summed E-state index contributed by atoms with van der Waals surface area (Å²) in [5.74, 6) is -0.630. The SMILES string of the molecule is CCOC(=O)NC(C(=O)N1CCCC1C(=O)NCc1ccc(/C(N)=N/O)cc1)c1ccccc1. The van der Waals surface area contributed by atoms with Gasteiger partial charge in [0.25, 0.3) is 5.91 Å². The molecular weight excluding hydrogens is 438 g/mol. The maximum absolute atomic E-state index is 13.4. The van der Waals surface area contributed by atoms with E-state index in [4.69, 9.17) is 15.7 Å². The van der Waals surface area contributed by atoms with Crippen LogP contribution < -0.4 is 16.4 Å². The fourth-order valence-electron chi connectivity index (χ4n) is 3.85. The van der Waals surface area contributed by atoms with E-state index < -0.39 is 18.2 Å². The highest BCUT2D eigenvalue weighted by molar-refractivity contribution is 5.97. The largest absolute Gasteiger partial charge is 0.450 e. The lowest BCUT2D eigenvalue weighted by atomic mass is 10.0. The molecule has 2 atom stereocenters. The first-order valence-corrected chi connectivity index (χ1v) is 11.1. The van der Waals surface area contributed by atoms with E-state index >= 15 is 0 Å². The molecule has 2 unspecified atom stereocenters. The van der Waals surface area contributed by atoms with Crippen LogP contribution in [0.2, 0.25) is 0 Å². The molecule has 0 bridgehead atoms. The highest BCUT2D eigenvalue weighted by Crippen LogP contribution is 2.24. The molecule has 2 aromatic carbocycles. The Bertz CT molecular complexity index is 1030. The number of carbonyl (C=O) groups excluding carboxylic acids is 3. The number of alkyl carbamates (subject to hydrolysis) is 1. The second-order valence-electron chi connectivity index (χ2n) is 7.80. The molecule has 1 aliphatic rings. The van der Waals surface area contributed by atoms with E-state index in [0.717, 1.165) is 5.56 Å². The molecule has 5 N–H and O–H groups in total. The van der Waals surface area contributed by atoms with E-state index in [1.165, 1.54) is 4.90 Å². The van der Waals surface area contributed by atoms with Gasteiger partial charge in [0.1, 0.15) is 12.1 Å².